The van der Waals surface area contributed by atoms with Gasteiger partial charge in [-0.25, -0.2) is 0 Å². The number of esters is 1. The Morgan fingerprint density at radius 3 is 2.77 bits per heavy atom. The number of carbonyl (C=O) groups excluding carboxylic acids is 1. The molecule has 1 unspecified atom stereocenters. The Kier molecular flexibility index (Phi) is 2.59. The second-order valence-corrected chi connectivity index (χ2v) is 3.86. The lowest BCUT2D eigenvalue weighted by molar-refractivity contribution is -0.148. The molecule has 1 atom stereocenters. The van der Waals surface area contributed by atoms with Gasteiger partial charge in [0.2, 0.25) is 0 Å². The molecule has 1 radical (unpaired) electrons. The standard InChI is InChI=1S/C9H13O4/c1-9(2)5-6(8(12)13-9)3-4-7(10)11/h4,6H,3,5H2,1-2H3,(H,10,11). The number of rotatable bonds is 3. The molecule has 4 nitrogen and oxygen atoms in total. The van der Waals surface area contributed by atoms with E-state index in [0.717, 1.165) is 6.42 Å². The molecular weight excluding hydrogens is 172 g/mol. The van der Waals surface area contributed by atoms with Crippen molar-refractivity contribution in [2.75, 3.05) is 0 Å². The minimum atomic E-state index is -0.988. The van der Waals surface area contributed by atoms with Crippen LogP contribution in [0, 0.1) is 12.3 Å². The maximum absolute atomic E-state index is 11.2. The molecule has 1 heterocycles. The molecule has 0 aliphatic carbocycles. The fraction of sp³-hybridized carbons (Fsp3) is 0.667. The van der Waals surface area contributed by atoms with Crippen LogP contribution in [0.25, 0.3) is 0 Å². The highest BCUT2D eigenvalue weighted by atomic mass is 16.6. The first-order valence-corrected chi connectivity index (χ1v) is 4.20. The smallest absolute Gasteiger partial charge is 0.309 e. The molecule has 1 aliphatic heterocycles. The van der Waals surface area contributed by atoms with Gasteiger partial charge in [0.25, 0.3) is 0 Å². The van der Waals surface area contributed by atoms with Crippen LogP contribution in [0.2, 0.25) is 0 Å². The monoisotopic (exact) mass is 185 g/mol. The van der Waals surface area contributed by atoms with E-state index in [0.29, 0.717) is 6.42 Å². The van der Waals surface area contributed by atoms with Gasteiger partial charge in [0.05, 0.1) is 12.3 Å². The van der Waals surface area contributed by atoms with Crippen LogP contribution in [0.5, 0.6) is 0 Å². The van der Waals surface area contributed by atoms with Crippen LogP contribution in [0.1, 0.15) is 26.7 Å². The summed E-state index contributed by atoms with van der Waals surface area (Å²) in [6, 6.07) is 0. The summed E-state index contributed by atoms with van der Waals surface area (Å²) in [7, 11) is 0. The lowest BCUT2D eigenvalue weighted by Gasteiger charge is -2.14. The second kappa shape index (κ2) is 3.36. The van der Waals surface area contributed by atoms with Gasteiger partial charge >= 0.3 is 11.9 Å². The number of carbonyl (C=O) groups is 2. The largest absolute Gasteiger partial charge is 0.481 e. The SMILES string of the molecule is CC1(C)CC(C[CH]C(=O)O)C(=O)O1. The third kappa shape index (κ3) is 2.72. The summed E-state index contributed by atoms with van der Waals surface area (Å²) in [6.45, 7) is 3.65. The van der Waals surface area contributed by atoms with Crippen LogP contribution < -0.4 is 0 Å². The van der Waals surface area contributed by atoms with Gasteiger partial charge in [-0.2, -0.15) is 0 Å². The van der Waals surface area contributed by atoms with Crippen LogP contribution in [-0.2, 0) is 14.3 Å². The number of hydrogen-bond donors (Lipinski definition) is 1. The second-order valence-electron chi connectivity index (χ2n) is 3.86. The summed E-state index contributed by atoms with van der Waals surface area (Å²) in [5.74, 6) is -1.56. The summed E-state index contributed by atoms with van der Waals surface area (Å²) in [5, 5.41) is 8.38. The highest BCUT2D eigenvalue weighted by molar-refractivity contribution is 5.80. The molecule has 0 aromatic heterocycles. The van der Waals surface area contributed by atoms with Crippen molar-refractivity contribution in [1.82, 2.24) is 0 Å². The molecular formula is C9H13O4. The van der Waals surface area contributed by atoms with Gasteiger partial charge in [-0.3, -0.25) is 9.59 Å². The van der Waals surface area contributed by atoms with Gasteiger partial charge in [0, 0.05) is 0 Å². The number of ether oxygens (including phenoxy) is 1. The zero-order valence-electron chi connectivity index (χ0n) is 7.74. The lowest BCUT2D eigenvalue weighted by atomic mass is 9.94. The van der Waals surface area contributed by atoms with Crippen molar-refractivity contribution in [2.24, 2.45) is 5.92 Å². The number of carboxylic acids is 1. The van der Waals surface area contributed by atoms with Gasteiger partial charge < -0.3 is 9.84 Å². The molecule has 1 fully saturated rings. The summed E-state index contributed by atoms with van der Waals surface area (Å²) in [4.78, 5) is 21.4. The average Bonchev–Trinajstić information content (AvgIpc) is 2.20. The minimum Gasteiger partial charge on any atom is -0.481 e. The maximum Gasteiger partial charge on any atom is 0.309 e. The molecule has 0 saturated carbocycles. The predicted octanol–water partition coefficient (Wildman–Crippen LogP) is 1.01. The maximum atomic E-state index is 11.2. The third-order valence-electron chi connectivity index (χ3n) is 2.03. The number of hydrogen-bond acceptors (Lipinski definition) is 3. The van der Waals surface area contributed by atoms with E-state index in [-0.39, 0.29) is 18.3 Å². The van der Waals surface area contributed by atoms with Gasteiger partial charge in [-0.15, -0.1) is 0 Å². The lowest BCUT2D eigenvalue weighted by Crippen LogP contribution is -2.17. The molecule has 1 saturated heterocycles. The summed E-state index contributed by atoms with van der Waals surface area (Å²) in [6.07, 6.45) is 1.96. The molecule has 4 heteroatoms. The first-order chi connectivity index (χ1) is 5.91. The third-order valence-corrected chi connectivity index (χ3v) is 2.03. The zero-order chi connectivity index (χ0) is 10.1. The fourth-order valence-electron chi connectivity index (χ4n) is 1.50. The fourth-order valence-corrected chi connectivity index (χ4v) is 1.50. The van der Waals surface area contributed by atoms with Crippen LogP contribution in [0.15, 0.2) is 0 Å². The summed E-state index contributed by atoms with van der Waals surface area (Å²) >= 11 is 0. The van der Waals surface area contributed by atoms with Crippen LogP contribution >= 0.6 is 0 Å². The molecule has 0 aromatic carbocycles. The molecule has 0 bridgehead atoms. The van der Waals surface area contributed by atoms with Gasteiger partial charge in [0.15, 0.2) is 0 Å². The topological polar surface area (TPSA) is 63.6 Å². The minimum absolute atomic E-state index is 0.262. The Hall–Kier alpha value is -1.06. The average molecular weight is 185 g/mol. The zero-order valence-corrected chi connectivity index (χ0v) is 7.74. The van der Waals surface area contributed by atoms with Crippen molar-refractivity contribution in [3.05, 3.63) is 6.42 Å². The van der Waals surface area contributed by atoms with Gasteiger partial charge in [0.1, 0.15) is 5.60 Å². The van der Waals surface area contributed by atoms with E-state index in [1.165, 1.54) is 0 Å². The Morgan fingerprint density at radius 1 is 1.77 bits per heavy atom. The van der Waals surface area contributed by atoms with E-state index in [9.17, 15) is 9.59 Å². The Bertz CT molecular complexity index is 232. The molecule has 0 spiro atoms. The normalized spacial score (nSPS) is 25.7. The predicted molar refractivity (Wildman–Crippen MR) is 44.8 cm³/mol. The number of carboxylic acid groups (broad SMARTS) is 1. The van der Waals surface area contributed by atoms with Crippen molar-refractivity contribution in [2.45, 2.75) is 32.3 Å². The first-order valence-electron chi connectivity index (χ1n) is 4.20. The molecule has 1 rings (SSSR count). The quantitative estimate of drug-likeness (QED) is 0.666. The van der Waals surface area contributed by atoms with Crippen LogP contribution in [0.4, 0.5) is 0 Å². The van der Waals surface area contributed by atoms with Gasteiger partial charge in [-0.05, 0) is 26.7 Å². The Morgan fingerprint density at radius 2 is 2.38 bits per heavy atom. The van der Waals surface area contributed by atoms with E-state index in [1.54, 1.807) is 0 Å². The van der Waals surface area contributed by atoms with Crippen molar-refractivity contribution >= 4 is 11.9 Å². The van der Waals surface area contributed by atoms with E-state index in [2.05, 4.69) is 0 Å². The summed E-state index contributed by atoms with van der Waals surface area (Å²) in [5.41, 5.74) is -0.436. The number of cyclic esters (lactones) is 1. The Labute approximate surface area is 76.9 Å². The van der Waals surface area contributed by atoms with Gasteiger partial charge in [-0.1, -0.05) is 0 Å². The van der Waals surface area contributed by atoms with Crippen LogP contribution in [-0.4, -0.2) is 22.6 Å². The molecule has 1 N–H and O–H groups in total. The molecule has 1 aliphatic rings. The molecule has 13 heavy (non-hydrogen) atoms. The van der Waals surface area contributed by atoms with E-state index >= 15 is 0 Å². The van der Waals surface area contributed by atoms with Crippen LogP contribution in [0.3, 0.4) is 0 Å². The van der Waals surface area contributed by atoms with Crippen molar-refractivity contribution in [3.63, 3.8) is 0 Å². The highest BCUT2D eigenvalue weighted by Gasteiger charge is 2.39. The highest BCUT2D eigenvalue weighted by Crippen LogP contribution is 2.32. The Balaban J connectivity index is 2.44. The number of aliphatic carboxylic acids is 1. The van der Waals surface area contributed by atoms with Crippen molar-refractivity contribution < 1.29 is 19.4 Å². The van der Waals surface area contributed by atoms with E-state index < -0.39 is 11.6 Å². The van der Waals surface area contributed by atoms with E-state index in [4.69, 9.17) is 9.84 Å². The van der Waals surface area contributed by atoms with E-state index in [1.807, 2.05) is 13.8 Å². The van der Waals surface area contributed by atoms with Crippen molar-refractivity contribution in [1.29, 1.82) is 0 Å². The molecule has 0 aromatic rings. The van der Waals surface area contributed by atoms with Crippen molar-refractivity contribution in [3.8, 4) is 0 Å². The first kappa shape index (κ1) is 10.0. The molecule has 73 valence electrons. The molecule has 0 amide bonds. The summed E-state index contributed by atoms with van der Waals surface area (Å²) < 4.78 is 5.04.